The van der Waals surface area contributed by atoms with Crippen LogP contribution < -0.4 is 0 Å². The molecular formula is C19H22N2O3S. The second kappa shape index (κ2) is 6.96. The van der Waals surface area contributed by atoms with Crippen LogP contribution in [0.1, 0.15) is 36.4 Å². The van der Waals surface area contributed by atoms with E-state index in [2.05, 4.69) is 4.98 Å². The van der Waals surface area contributed by atoms with Crippen molar-refractivity contribution in [3.05, 3.63) is 40.9 Å². The fourth-order valence-corrected chi connectivity index (χ4v) is 4.39. The van der Waals surface area contributed by atoms with Crippen molar-refractivity contribution in [2.75, 3.05) is 7.05 Å². The number of hydrogen-bond acceptors (Lipinski definition) is 4. The third-order valence-electron chi connectivity index (χ3n) is 5.07. The van der Waals surface area contributed by atoms with E-state index in [-0.39, 0.29) is 11.9 Å². The van der Waals surface area contributed by atoms with Crippen molar-refractivity contribution >= 4 is 23.2 Å². The van der Waals surface area contributed by atoms with Crippen molar-refractivity contribution < 1.29 is 14.7 Å². The molecule has 3 rings (SSSR count). The Morgan fingerprint density at radius 1 is 1.24 bits per heavy atom. The minimum absolute atomic E-state index is 0.0831. The zero-order valence-electron chi connectivity index (χ0n) is 14.6. The van der Waals surface area contributed by atoms with Crippen LogP contribution in [-0.2, 0) is 9.59 Å². The van der Waals surface area contributed by atoms with Gasteiger partial charge in [-0.15, -0.1) is 11.3 Å². The van der Waals surface area contributed by atoms with E-state index >= 15 is 0 Å². The standard InChI is InChI=1S/C19H22N2O3S/c1-11-16(25-17(20-11)13-7-5-4-6-8-13)12(2)21(3)18(22)14-9-10-15(14)19(23)24/h4-8,12,14-15H,9-10H2,1-3H3,(H,23,24). The molecule has 0 bridgehead atoms. The molecule has 1 fully saturated rings. The highest BCUT2D eigenvalue weighted by Gasteiger charge is 2.43. The molecule has 0 spiro atoms. The molecule has 1 heterocycles. The zero-order chi connectivity index (χ0) is 18.1. The molecule has 3 unspecified atom stereocenters. The molecule has 1 N–H and O–H groups in total. The van der Waals surface area contributed by atoms with Crippen LogP contribution in [-0.4, -0.2) is 33.9 Å². The van der Waals surface area contributed by atoms with Gasteiger partial charge in [-0.25, -0.2) is 4.98 Å². The van der Waals surface area contributed by atoms with Gasteiger partial charge in [0.1, 0.15) is 5.01 Å². The van der Waals surface area contributed by atoms with Crippen molar-refractivity contribution in [3.8, 4) is 10.6 Å². The average Bonchev–Trinajstić information content (AvgIpc) is 2.94. The predicted octanol–water partition coefficient (Wildman–Crippen LogP) is 3.75. The highest BCUT2D eigenvalue weighted by Crippen LogP contribution is 2.39. The molecule has 1 aromatic carbocycles. The molecule has 0 radical (unpaired) electrons. The van der Waals surface area contributed by atoms with Gasteiger partial charge in [-0.2, -0.15) is 0 Å². The summed E-state index contributed by atoms with van der Waals surface area (Å²) < 4.78 is 0. The topological polar surface area (TPSA) is 70.5 Å². The maximum Gasteiger partial charge on any atom is 0.307 e. The van der Waals surface area contributed by atoms with Gasteiger partial charge in [0.2, 0.25) is 5.91 Å². The van der Waals surface area contributed by atoms with Gasteiger partial charge in [-0.1, -0.05) is 30.3 Å². The summed E-state index contributed by atoms with van der Waals surface area (Å²) in [4.78, 5) is 31.3. The summed E-state index contributed by atoms with van der Waals surface area (Å²) in [6.07, 6.45) is 1.25. The summed E-state index contributed by atoms with van der Waals surface area (Å²) >= 11 is 1.59. The largest absolute Gasteiger partial charge is 0.481 e. The first-order valence-electron chi connectivity index (χ1n) is 8.42. The number of carboxylic acids is 1. The van der Waals surface area contributed by atoms with Gasteiger partial charge in [0.15, 0.2) is 0 Å². The lowest BCUT2D eigenvalue weighted by Gasteiger charge is -2.37. The summed E-state index contributed by atoms with van der Waals surface area (Å²) in [5.74, 6) is -1.89. The monoisotopic (exact) mass is 358 g/mol. The van der Waals surface area contributed by atoms with Gasteiger partial charge in [0.05, 0.1) is 28.4 Å². The van der Waals surface area contributed by atoms with E-state index in [1.54, 1.807) is 23.3 Å². The van der Waals surface area contributed by atoms with Crippen molar-refractivity contribution in [2.45, 2.75) is 32.7 Å². The number of aromatic nitrogens is 1. The van der Waals surface area contributed by atoms with Crippen molar-refractivity contribution in [1.82, 2.24) is 9.88 Å². The van der Waals surface area contributed by atoms with Gasteiger partial charge in [0.25, 0.3) is 0 Å². The lowest BCUT2D eigenvalue weighted by atomic mass is 9.73. The Morgan fingerprint density at radius 2 is 1.88 bits per heavy atom. The number of rotatable bonds is 5. The first kappa shape index (κ1) is 17.6. The number of aliphatic carboxylic acids is 1. The second-order valence-corrected chi connectivity index (χ2v) is 7.62. The maximum absolute atomic E-state index is 12.7. The number of carbonyl (C=O) groups is 2. The number of carboxylic acid groups (broad SMARTS) is 1. The smallest absolute Gasteiger partial charge is 0.307 e. The first-order chi connectivity index (χ1) is 11.9. The number of nitrogens with zero attached hydrogens (tertiary/aromatic N) is 2. The normalized spacial score (nSPS) is 20.6. The number of hydrogen-bond donors (Lipinski definition) is 1. The Morgan fingerprint density at radius 3 is 2.44 bits per heavy atom. The van der Waals surface area contributed by atoms with Gasteiger partial charge < -0.3 is 10.0 Å². The van der Waals surface area contributed by atoms with Crippen LogP contribution in [0.5, 0.6) is 0 Å². The first-order valence-corrected chi connectivity index (χ1v) is 9.24. The molecule has 0 saturated heterocycles. The number of amides is 1. The number of thiazole rings is 1. The molecule has 5 nitrogen and oxygen atoms in total. The van der Waals surface area contributed by atoms with E-state index < -0.39 is 17.8 Å². The lowest BCUT2D eigenvalue weighted by molar-refractivity contribution is -0.156. The van der Waals surface area contributed by atoms with E-state index in [4.69, 9.17) is 0 Å². The summed E-state index contributed by atoms with van der Waals surface area (Å²) in [6, 6.07) is 9.84. The SMILES string of the molecule is Cc1nc(-c2ccccc2)sc1C(C)N(C)C(=O)C1CCC1C(=O)O. The third-order valence-corrected chi connectivity index (χ3v) is 6.45. The molecule has 1 saturated carbocycles. The summed E-state index contributed by atoms with van der Waals surface area (Å²) in [5.41, 5.74) is 1.98. The summed E-state index contributed by atoms with van der Waals surface area (Å²) in [5, 5.41) is 10.1. The fourth-order valence-electron chi connectivity index (χ4n) is 3.22. The van der Waals surface area contributed by atoms with Gasteiger partial charge in [0, 0.05) is 12.6 Å². The molecule has 1 aliphatic carbocycles. The zero-order valence-corrected chi connectivity index (χ0v) is 15.4. The van der Waals surface area contributed by atoms with Crippen molar-refractivity contribution in [2.24, 2.45) is 11.8 Å². The highest BCUT2D eigenvalue weighted by molar-refractivity contribution is 7.15. The Balaban J connectivity index is 1.79. The predicted molar refractivity (Wildman–Crippen MR) is 97.3 cm³/mol. The van der Waals surface area contributed by atoms with Crippen LogP contribution in [0.15, 0.2) is 30.3 Å². The van der Waals surface area contributed by atoms with E-state index in [0.717, 1.165) is 21.1 Å². The molecular weight excluding hydrogens is 336 g/mol. The van der Waals surface area contributed by atoms with E-state index in [1.807, 2.05) is 44.2 Å². The molecule has 2 aromatic rings. The minimum atomic E-state index is -0.869. The molecule has 132 valence electrons. The molecule has 1 aliphatic rings. The Labute approximate surface area is 151 Å². The van der Waals surface area contributed by atoms with Gasteiger partial charge in [-0.3, -0.25) is 9.59 Å². The fraction of sp³-hybridized carbons (Fsp3) is 0.421. The second-order valence-electron chi connectivity index (χ2n) is 6.59. The molecule has 6 heteroatoms. The molecule has 0 aliphatic heterocycles. The highest BCUT2D eigenvalue weighted by atomic mass is 32.1. The van der Waals surface area contributed by atoms with Crippen LogP contribution in [0.25, 0.3) is 10.6 Å². The van der Waals surface area contributed by atoms with Gasteiger partial charge in [-0.05, 0) is 26.7 Å². The Bertz CT molecular complexity index is 787. The number of carbonyl (C=O) groups excluding carboxylic acids is 1. The van der Waals surface area contributed by atoms with Crippen molar-refractivity contribution in [1.29, 1.82) is 0 Å². The van der Waals surface area contributed by atoms with E-state index in [1.165, 1.54) is 0 Å². The molecule has 25 heavy (non-hydrogen) atoms. The summed E-state index contributed by atoms with van der Waals surface area (Å²) in [7, 11) is 1.76. The maximum atomic E-state index is 12.7. The van der Waals surface area contributed by atoms with Gasteiger partial charge >= 0.3 is 5.97 Å². The average molecular weight is 358 g/mol. The van der Waals surface area contributed by atoms with E-state index in [0.29, 0.717) is 12.8 Å². The van der Waals surface area contributed by atoms with Crippen LogP contribution in [0.3, 0.4) is 0 Å². The van der Waals surface area contributed by atoms with Crippen LogP contribution in [0, 0.1) is 18.8 Å². The number of benzene rings is 1. The van der Waals surface area contributed by atoms with Crippen molar-refractivity contribution in [3.63, 3.8) is 0 Å². The van der Waals surface area contributed by atoms with Crippen LogP contribution >= 0.6 is 11.3 Å². The van der Waals surface area contributed by atoms with E-state index in [9.17, 15) is 14.7 Å². The molecule has 1 amide bonds. The Kier molecular flexibility index (Phi) is 4.90. The third kappa shape index (κ3) is 3.31. The van der Waals surface area contributed by atoms with Crippen LogP contribution in [0.2, 0.25) is 0 Å². The Hall–Kier alpha value is -2.21. The molecule has 1 aromatic heterocycles. The molecule has 3 atom stereocenters. The number of aryl methyl sites for hydroxylation is 1. The lowest BCUT2D eigenvalue weighted by Crippen LogP contribution is -2.45. The van der Waals surface area contributed by atoms with Crippen LogP contribution in [0.4, 0.5) is 0 Å². The summed E-state index contributed by atoms with van der Waals surface area (Å²) in [6.45, 7) is 3.93. The quantitative estimate of drug-likeness (QED) is 0.884. The minimum Gasteiger partial charge on any atom is -0.481 e.